The van der Waals surface area contributed by atoms with Crippen LogP contribution in [0.4, 0.5) is 0 Å². The van der Waals surface area contributed by atoms with Crippen LogP contribution in [0.1, 0.15) is 40.9 Å². The lowest BCUT2D eigenvalue weighted by Crippen LogP contribution is -2.06. The van der Waals surface area contributed by atoms with Crippen LogP contribution >= 0.6 is 0 Å². The number of carbonyl (C=O) groups excluding carboxylic acids is 1. The van der Waals surface area contributed by atoms with Crippen molar-refractivity contribution in [2.24, 2.45) is 0 Å². The van der Waals surface area contributed by atoms with Gasteiger partial charge in [-0.15, -0.1) is 0 Å². The Kier molecular flexibility index (Phi) is 4.45. The maximum absolute atomic E-state index is 12.3. The molecule has 1 aromatic carbocycles. The number of hydrogen-bond donors (Lipinski definition) is 0. The zero-order valence-electron chi connectivity index (χ0n) is 11.3. The van der Waals surface area contributed by atoms with Crippen LogP contribution in [-0.4, -0.2) is 5.78 Å². The van der Waals surface area contributed by atoms with Gasteiger partial charge in [-0.2, -0.15) is 0 Å². The standard InChI is InChI=1S/C16H20O/c1-6-7-8-12(3)16(17)15-13(4)9-11(2)10-14(15)5/h6-10H,1-5H3/b7-6-,12-8+. The molecule has 90 valence electrons. The summed E-state index contributed by atoms with van der Waals surface area (Å²) in [6, 6.07) is 4.12. The fourth-order valence-corrected chi connectivity index (χ4v) is 2.05. The Labute approximate surface area is 104 Å². The van der Waals surface area contributed by atoms with E-state index in [4.69, 9.17) is 0 Å². The molecule has 0 amide bonds. The quantitative estimate of drug-likeness (QED) is 0.428. The molecule has 0 N–H and O–H groups in total. The summed E-state index contributed by atoms with van der Waals surface area (Å²) < 4.78 is 0. The van der Waals surface area contributed by atoms with Crippen LogP contribution in [0.3, 0.4) is 0 Å². The van der Waals surface area contributed by atoms with Crippen LogP contribution in [0.2, 0.25) is 0 Å². The van der Waals surface area contributed by atoms with Gasteiger partial charge in [-0.1, -0.05) is 35.9 Å². The van der Waals surface area contributed by atoms with Crippen LogP contribution in [-0.2, 0) is 0 Å². The number of hydrogen-bond acceptors (Lipinski definition) is 1. The second kappa shape index (κ2) is 5.62. The van der Waals surface area contributed by atoms with Crippen molar-refractivity contribution in [1.29, 1.82) is 0 Å². The highest BCUT2D eigenvalue weighted by atomic mass is 16.1. The molecule has 0 bridgehead atoms. The number of aryl methyl sites for hydroxylation is 3. The van der Waals surface area contributed by atoms with E-state index in [0.717, 1.165) is 22.3 Å². The molecule has 0 saturated carbocycles. The number of carbonyl (C=O) groups is 1. The van der Waals surface area contributed by atoms with E-state index >= 15 is 0 Å². The molecule has 0 saturated heterocycles. The van der Waals surface area contributed by atoms with E-state index in [1.807, 2.05) is 45.9 Å². The molecule has 0 aliphatic heterocycles. The van der Waals surface area contributed by atoms with E-state index in [-0.39, 0.29) is 5.78 Å². The zero-order valence-corrected chi connectivity index (χ0v) is 11.3. The normalized spacial score (nSPS) is 12.2. The molecule has 17 heavy (non-hydrogen) atoms. The predicted molar refractivity (Wildman–Crippen MR) is 73.6 cm³/mol. The molecule has 0 radical (unpaired) electrons. The Morgan fingerprint density at radius 2 is 1.65 bits per heavy atom. The summed E-state index contributed by atoms with van der Waals surface area (Å²) in [5, 5.41) is 0. The van der Waals surface area contributed by atoms with E-state index in [0.29, 0.717) is 0 Å². The molecule has 1 aromatic rings. The smallest absolute Gasteiger partial charge is 0.189 e. The first-order valence-electron chi connectivity index (χ1n) is 5.89. The fourth-order valence-electron chi connectivity index (χ4n) is 2.05. The Morgan fingerprint density at radius 3 is 2.12 bits per heavy atom. The van der Waals surface area contributed by atoms with Crippen molar-refractivity contribution in [3.05, 3.63) is 58.2 Å². The van der Waals surface area contributed by atoms with Gasteiger partial charge in [0.25, 0.3) is 0 Å². The molecule has 0 heterocycles. The molecule has 0 atom stereocenters. The summed E-state index contributed by atoms with van der Waals surface area (Å²) >= 11 is 0. The van der Waals surface area contributed by atoms with Gasteiger partial charge in [0.05, 0.1) is 0 Å². The summed E-state index contributed by atoms with van der Waals surface area (Å²) in [7, 11) is 0. The van der Waals surface area contributed by atoms with Crippen molar-refractivity contribution in [1.82, 2.24) is 0 Å². The van der Waals surface area contributed by atoms with E-state index in [9.17, 15) is 4.79 Å². The molecule has 0 spiro atoms. The Morgan fingerprint density at radius 1 is 1.12 bits per heavy atom. The summed E-state index contributed by atoms with van der Waals surface area (Å²) in [6.45, 7) is 9.85. The van der Waals surface area contributed by atoms with Gasteiger partial charge in [0, 0.05) is 5.56 Å². The van der Waals surface area contributed by atoms with E-state index in [1.54, 1.807) is 0 Å². The van der Waals surface area contributed by atoms with Gasteiger partial charge in [-0.3, -0.25) is 4.79 Å². The third-order valence-electron chi connectivity index (χ3n) is 2.80. The number of ketones is 1. The van der Waals surface area contributed by atoms with Crippen molar-refractivity contribution in [3.8, 4) is 0 Å². The van der Waals surface area contributed by atoms with Gasteiger partial charge in [0.1, 0.15) is 0 Å². The molecular weight excluding hydrogens is 208 g/mol. The van der Waals surface area contributed by atoms with Crippen molar-refractivity contribution < 1.29 is 4.79 Å². The summed E-state index contributed by atoms with van der Waals surface area (Å²) in [6.07, 6.45) is 5.68. The van der Waals surface area contributed by atoms with Gasteiger partial charge < -0.3 is 0 Å². The zero-order chi connectivity index (χ0) is 13.0. The van der Waals surface area contributed by atoms with Crippen LogP contribution in [0.15, 0.2) is 35.9 Å². The summed E-state index contributed by atoms with van der Waals surface area (Å²) in [5.41, 5.74) is 4.93. The third kappa shape index (κ3) is 3.16. The van der Waals surface area contributed by atoms with E-state index < -0.39 is 0 Å². The lowest BCUT2D eigenvalue weighted by molar-refractivity contribution is 0.103. The van der Waals surface area contributed by atoms with E-state index in [2.05, 4.69) is 19.1 Å². The topological polar surface area (TPSA) is 17.1 Å². The van der Waals surface area contributed by atoms with Crippen molar-refractivity contribution in [2.45, 2.75) is 34.6 Å². The predicted octanol–water partition coefficient (Wildman–Crippen LogP) is 4.32. The van der Waals surface area contributed by atoms with Gasteiger partial charge in [0.15, 0.2) is 5.78 Å². The number of rotatable bonds is 3. The lowest BCUT2D eigenvalue weighted by Gasteiger charge is -2.10. The minimum Gasteiger partial charge on any atom is -0.289 e. The second-order valence-corrected chi connectivity index (χ2v) is 4.48. The maximum Gasteiger partial charge on any atom is 0.189 e. The second-order valence-electron chi connectivity index (χ2n) is 4.48. The minimum atomic E-state index is 0.123. The average molecular weight is 228 g/mol. The molecule has 0 unspecified atom stereocenters. The molecule has 0 aliphatic rings. The summed E-state index contributed by atoms with van der Waals surface area (Å²) in [4.78, 5) is 12.3. The monoisotopic (exact) mass is 228 g/mol. The molecule has 1 heteroatoms. The first-order valence-corrected chi connectivity index (χ1v) is 5.89. The molecule has 0 aliphatic carbocycles. The van der Waals surface area contributed by atoms with Crippen molar-refractivity contribution in [2.75, 3.05) is 0 Å². The van der Waals surface area contributed by atoms with Crippen LogP contribution in [0.5, 0.6) is 0 Å². The van der Waals surface area contributed by atoms with Crippen LogP contribution in [0.25, 0.3) is 0 Å². The van der Waals surface area contributed by atoms with Gasteiger partial charge >= 0.3 is 0 Å². The SMILES string of the molecule is C/C=C\C=C(/C)C(=O)c1c(C)cc(C)cc1C. The Bertz CT molecular complexity index is 467. The molecule has 0 fully saturated rings. The van der Waals surface area contributed by atoms with Crippen LogP contribution < -0.4 is 0 Å². The van der Waals surface area contributed by atoms with Crippen molar-refractivity contribution >= 4 is 5.78 Å². The molecule has 1 rings (SSSR count). The fraction of sp³-hybridized carbons (Fsp3) is 0.312. The maximum atomic E-state index is 12.3. The Balaban J connectivity index is 3.22. The first-order chi connectivity index (χ1) is 7.97. The minimum absolute atomic E-state index is 0.123. The lowest BCUT2D eigenvalue weighted by atomic mass is 9.93. The number of benzene rings is 1. The van der Waals surface area contributed by atoms with Gasteiger partial charge in [-0.05, 0) is 51.3 Å². The van der Waals surface area contributed by atoms with Crippen LogP contribution in [0, 0.1) is 20.8 Å². The number of Topliss-reactive ketones (excluding diaryl/α,β-unsaturated/α-hetero) is 1. The van der Waals surface area contributed by atoms with Crippen molar-refractivity contribution in [3.63, 3.8) is 0 Å². The highest BCUT2D eigenvalue weighted by Gasteiger charge is 2.13. The molecular formula is C16H20O. The molecule has 0 aromatic heterocycles. The highest BCUT2D eigenvalue weighted by Crippen LogP contribution is 2.19. The number of allylic oxidation sites excluding steroid dienone is 4. The molecule has 1 nitrogen and oxygen atoms in total. The summed E-state index contributed by atoms with van der Waals surface area (Å²) in [5.74, 6) is 0.123. The first kappa shape index (κ1) is 13.4. The largest absolute Gasteiger partial charge is 0.289 e. The third-order valence-corrected chi connectivity index (χ3v) is 2.80. The Hall–Kier alpha value is -1.63. The van der Waals surface area contributed by atoms with Gasteiger partial charge in [-0.25, -0.2) is 0 Å². The van der Waals surface area contributed by atoms with Gasteiger partial charge in [0.2, 0.25) is 0 Å². The average Bonchev–Trinajstić information content (AvgIpc) is 2.24. The highest BCUT2D eigenvalue weighted by molar-refractivity contribution is 6.10. The van der Waals surface area contributed by atoms with E-state index in [1.165, 1.54) is 5.56 Å².